The van der Waals surface area contributed by atoms with Crippen LogP contribution in [0.3, 0.4) is 0 Å². The summed E-state index contributed by atoms with van der Waals surface area (Å²) in [6.45, 7) is 3.67. The van der Waals surface area contributed by atoms with E-state index in [1.54, 1.807) is 0 Å². The Morgan fingerprint density at radius 2 is 2.00 bits per heavy atom. The van der Waals surface area contributed by atoms with E-state index in [9.17, 15) is 8.42 Å². The first-order valence-electron chi connectivity index (χ1n) is 6.75. The minimum Gasteiger partial charge on any atom is -0.395 e. The zero-order valence-corrected chi connectivity index (χ0v) is 13.3. The van der Waals surface area contributed by atoms with Gasteiger partial charge in [0.15, 0.2) is 0 Å². The molecule has 0 aromatic carbocycles. The maximum atomic E-state index is 12.4. The summed E-state index contributed by atoms with van der Waals surface area (Å²) in [4.78, 5) is 2.20. The molecule has 114 valence electrons. The van der Waals surface area contributed by atoms with E-state index in [0.29, 0.717) is 5.88 Å². The normalized spacial score (nSPS) is 20.9. The zero-order valence-electron chi connectivity index (χ0n) is 11.8. The van der Waals surface area contributed by atoms with Crippen LogP contribution in [0.2, 0.25) is 0 Å². The highest BCUT2D eigenvalue weighted by molar-refractivity contribution is 7.89. The van der Waals surface area contributed by atoms with Gasteiger partial charge in [0.05, 0.1) is 12.4 Å². The summed E-state index contributed by atoms with van der Waals surface area (Å²) in [6, 6.07) is 0.0101. The fraction of sp³-hybridized carbons (Fsp3) is 1.00. The number of sulfonamides is 1. The molecule has 0 bridgehead atoms. The summed E-state index contributed by atoms with van der Waals surface area (Å²) >= 11 is 5.71. The van der Waals surface area contributed by atoms with Gasteiger partial charge in [-0.1, -0.05) is 6.92 Å². The number of nitrogens with zero attached hydrogens (tertiary/aromatic N) is 2. The van der Waals surface area contributed by atoms with Crippen LogP contribution in [-0.2, 0) is 10.0 Å². The molecule has 7 heteroatoms. The van der Waals surface area contributed by atoms with Gasteiger partial charge in [-0.3, -0.25) is 0 Å². The van der Waals surface area contributed by atoms with Gasteiger partial charge in [-0.25, -0.2) is 8.42 Å². The summed E-state index contributed by atoms with van der Waals surface area (Å²) in [5, 5.41) is 9.13. The second kappa shape index (κ2) is 7.78. The highest BCUT2D eigenvalue weighted by Crippen LogP contribution is 2.20. The van der Waals surface area contributed by atoms with Crippen LogP contribution in [0.4, 0.5) is 0 Å². The molecule has 0 spiro atoms. The second-order valence-electron chi connectivity index (χ2n) is 5.41. The Kier molecular flexibility index (Phi) is 7.04. The summed E-state index contributed by atoms with van der Waals surface area (Å²) in [7, 11) is -1.30. The number of hydrogen-bond donors (Lipinski definition) is 1. The van der Waals surface area contributed by atoms with Crippen LogP contribution >= 0.6 is 11.6 Å². The lowest BCUT2D eigenvalue weighted by molar-refractivity contribution is 0.161. The van der Waals surface area contributed by atoms with Crippen LogP contribution in [0.25, 0.3) is 0 Å². The van der Waals surface area contributed by atoms with Crippen molar-refractivity contribution in [2.45, 2.75) is 25.8 Å². The highest BCUT2D eigenvalue weighted by Gasteiger charge is 2.32. The molecule has 1 fully saturated rings. The lowest BCUT2D eigenvalue weighted by atomic mass is 10.1. The Balaban J connectivity index is 2.75. The first-order valence-corrected chi connectivity index (χ1v) is 8.90. The van der Waals surface area contributed by atoms with E-state index in [-0.39, 0.29) is 30.9 Å². The topological polar surface area (TPSA) is 60.9 Å². The number of alkyl halides is 1. The maximum absolute atomic E-state index is 12.4. The minimum absolute atomic E-state index is 0.0101. The van der Waals surface area contributed by atoms with Crippen LogP contribution in [0.5, 0.6) is 0 Å². The van der Waals surface area contributed by atoms with Crippen LogP contribution in [0.1, 0.15) is 19.8 Å². The van der Waals surface area contributed by atoms with Crippen molar-refractivity contribution < 1.29 is 13.5 Å². The molecule has 1 aliphatic heterocycles. The van der Waals surface area contributed by atoms with E-state index in [4.69, 9.17) is 16.7 Å². The van der Waals surface area contributed by atoms with E-state index in [0.717, 1.165) is 25.9 Å². The molecule has 1 rings (SSSR count). The molecule has 1 saturated heterocycles. The van der Waals surface area contributed by atoms with Crippen LogP contribution < -0.4 is 0 Å². The number of piperidine rings is 1. The summed E-state index contributed by atoms with van der Waals surface area (Å²) < 4.78 is 26.3. The lowest BCUT2D eigenvalue weighted by Crippen LogP contribution is -2.48. The molecule has 0 aliphatic carbocycles. The Bertz CT molecular complexity index is 356. The molecule has 0 radical (unpaired) electrons. The molecule has 0 aromatic heterocycles. The number of hydrogen-bond acceptors (Lipinski definition) is 4. The molecular weight excluding hydrogens is 288 g/mol. The van der Waals surface area contributed by atoms with Crippen LogP contribution in [-0.4, -0.2) is 73.7 Å². The first kappa shape index (κ1) is 17.2. The van der Waals surface area contributed by atoms with Gasteiger partial charge in [-0.2, -0.15) is 4.31 Å². The van der Waals surface area contributed by atoms with Gasteiger partial charge in [-0.15, -0.1) is 11.6 Å². The van der Waals surface area contributed by atoms with E-state index in [1.807, 2.05) is 14.0 Å². The number of rotatable bonds is 7. The molecule has 1 unspecified atom stereocenters. The van der Waals surface area contributed by atoms with Gasteiger partial charge in [0.1, 0.15) is 0 Å². The van der Waals surface area contributed by atoms with Gasteiger partial charge in [0.2, 0.25) is 10.0 Å². The molecule has 0 aromatic rings. The Hall–Kier alpha value is 0.120. The van der Waals surface area contributed by atoms with Gasteiger partial charge < -0.3 is 10.0 Å². The third-order valence-corrected chi connectivity index (χ3v) is 6.24. The van der Waals surface area contributed by atoms with Crippen molar-refractivity contribution in [3.63, 3.8) is 0 Å². The Labute approximate surface area is 121 Å². The lowest BCUT2D eigenvalue weighted by Gasteiger charge is -2.36. The minimum atomic E-state index is -3.34. The van der Waals surface area contributed by atoms with Crippen molar-refractivity contribution >= 4 is 21.6 Å². The quantitative estimate of drug-likeness (QED) is 0.699. The summed E-state index contributed by atoms with van der Waals surface area (Å²) in [5.74, 6) is 0.321. The van der Waals surface area contributed by atoms with Crippen LogP contribution in [0, 0.1) is 5.92 Å². The summed E-state index contributed by atoms with van der Waals surface area (Å²) in [6.07, 6.45) is 1.65. The van der Waals surface area contributed by atoms with Gasteiger partial charge in [0.25, 0.3) is 0 Å². The number of likely N-dealkylation sites (tertiary alicyclic amines) is 1. The monoisotopic (exact) mass is 312 g/mol. The van der Waals surface area contributed by atoms with E-state index in [2.05, 4.69) is 4.90 Å². The standard InChI is InChI=1S/C12H25ClN2O3S/c1-11(9-13)10-19(17,18)15(7-8-16)12-3-5-14(2)6-4-12/h11-12,16H,3-10H2,1-2H3. The molecule has 5 nitrogen and oxygen atoms in total. The van der Waals surface area contributed by atoms with Crippen molar-refractivity contribution in [3.8, 4) is 0 Å². The third kappa shape index (κ3) is 5.19. The van der Waals surface area contributed by atoms with Crippen molar-refractivity contribution in [3.05, 3.63) is 0 Å². The smallest absolute Gasteiger partial charge is 0.214 e. The SMILES string of the molecule is CC(CCl)CS(=O)(=O)N(CCO)C1CCN(C)CC1. The fourth-order valence-electron chi connectivity index (χ4n) is 2.43. The molecular formula is C12H25ClN2O3S. The predicted molar refractivity (Wildman–Crippen MR) is 78.0 cm³/mol. The summed E-state index contributed by atoms with van der Waals surface area (Å²) in [5.41, 5.74) is 0. The molecule has 1 heterocycles. The highest BCUT2D eigenvalue weighted by atomic mass is 35.5. The van der Waals surface area contributed by atoms with Crippen molar-refractivity contribution in [2.24, 2.45) is 5.92 Å². The van der Waals surface area contributed by atoms with Crippen molar-refractivity contribution in [1.82, 2.24) is 9.21 Å². The zero-order chi connectivity index (χ0) is 14.5. The van der Waals surface area contributed by atoms with Crippen molar-refractivity contribution in [1.29, 1.82) is 0 Å². The van der Waals surface area contributed by atoms with Gasteiger partial charge in [0, 0.05) is 18.5 Å². The van der Waals surface area contributed by atoms with Gasteiger partial charge in [-0.05, 0) is 38.9 Å². The van der Waals surface area contributed by atoms with Crippen LogP contribution in [0.15, 0.2) is 0 Å². The average Bonchev–Trinajstić information content (AvgIpc) is 2.36. The fourth-order valence-corrected chi connectivity index (χ4v) is 4.72. The maximum Gasteiger partial charge on any atom is 0.214 e. The second-order valence-corrected chi connectivity index (χ2v) is 7.68. The Morgan fingerprint density at radius 1 is 1.42 bits per heavy atom. The van der Waals surface area contributed by atoms with E-state index >= 15 is 0 Å². The molecule has 1 atom stereocenters. The predicted octanol–water partition coefficient (Wildman–Crippen LogP) is 0.580. The number of aliphatic hydroxyl groups is 1. The van der Waals surface area contributed by atoms with Gasteiger partial charge >= 0.3 is 0 Å². The third-order valence-electron chi connectivity index (χ3n) is 3.53. The number of halogens is 1. The first-order chi connectivity index (χ1) is 8.90. The molecule has 1 aliphatic rings. The molecule has 1 N–H and O–H groups in total. The Morgan fingerprint density at radius 3 is 2.47 bits per heavy atom. The van der Waals surface area contributed by atoms with E-state index < -0.39 is 10.0 Å². The largest absolute Gasteiger partial charge is 0.395 e. The molecule has 0 saturated carbocycles. The average molecular weight is 313 g/mol. The van der Waals surface area contributed by atoms with E-state index in [1.165, 1.54) is 4.31 Å². The number of aliphatic hydroxyl groups excluding tert-OH is 1. The van der Waals surface area contributed by atoms with Crippen molar-refractivity contribution in [2.75, 3.05) is 44.9 Å². The molecule has 0 amide bonds. The molecule has 19 heavy (non-hydrogen) atoms.